The van der Waals surface area contributed by atoms with Crippen molar-refractivity contribution in [3.63, 3.8) is 0 Å². The number of amides is 2. The molecule has 0 atom stereocenters. The number of likely N-dealkylation sites (N-methyl/N-ethyl adjacent to an activating group) is 1. The van der Waals surface area contributed by atoms with E-state index in [1.807, 2.05) is 0 Å². The van der Waals surface area contributed by atoms with Gasteiger partial charge >= 0.3 is 17.8 Å². The van der Waals surface area contributed by atoms with E-state index in [9.17, 15) is 24.5 Å². The van der Waals surface area contributed by atoms with Crippen molar-refractivity contribution in [2.24, 2.45) is 0 Å². The topological polar surface area (TPSA) is 121 Å². The number of aliphatic carboxylic acids is 1. The molecule has 0 aromatic heterocycles. The van der Waals surface area contributed by atoms with Crippen LogP contribution in [0.4, 0.5) is 5.69 Å². The summed E-state index contributed by atoms with van der Waals surface area (Å²) in [7, 11) is -2.38. The van der Waals surface area contributed by atoms with Gasteiger partial charge in [-0.1, -0.05) is 31.8 Å². The Hall–Kier alpha value is -2.75. The van der Waals surface area contributed by atoms with Gasteiger partial charge in [0, 0.05) is 25.2 Å². The molecule has 0 unspecified atom stereocenters. The number of carboxylic acids is 1. The second-order valence-electron chi connectivity index (χ2n) is 6.70. The van der Waals surface area contributed by atoms with Crippen LogP contribution in [0.15, 0.2) is 24.3 Å². The van der Waals surface area contributed by atoms with Crippen molar-refractivity contribution in [1.29, 1.82) is 0 Å². The molecule has 9 nitrogen and oxygen atoms in total. The first-order chi connectivity index (χ1) is 12.0. The van der Waals surface area contributed by atoms with Crippen LogP contribution in [0.1, 0.15) is 12.5 Å². The molecule has 0 fully saturated rings. The van der Waals surface area contributed by atoms with Gasteiger partial charge in [-0.05, 0) is 12.5 Å². The molecule has 1 rings (SSSR count). The van der Waals surface area contributed by atoms with E-state index in [4.69, 9.17) is 5.11 Å². The molecule has 1 N–H and O–H groups in total. The molecule has 0 saturated heterocycles. The zero-order chi connectivity index (χ0) is 20.1. The standard InChI is InChI=1S/C16H23N3O6Si/c1-5-17(10-12-7-6-8-13(9-12)19(24)25)15(22)16(23)18(11-14(20)21)26(2,3)4/h6-9H,5,10-11H2,1-4H3,(H,20,21). The molecular weight excluding hydrogens is 358 g/mol. The van der Waals surface area contributed by atoms with Gasteiger partial charge < -0.3 is 14.6 Å². The van der Waals surface area contributed by atoms with E-state index >= 15 is 0 Å². The van der Waals surface area contributed by atoms with Crippen molar-refractivity contribution in [3.8, 4) is 0 Å². The fourth-order valence-corrected chi connectivity index (χ4v) is 3.63. The number of non-ortho nitro benzene ring substituents is 1. The first kappa shape index (κ1) is 21.3. The molecule has 0 bridgehead atoms. The average molecular weight is 381 g/mol. The smallest absolute Gasteiger partial charge is 0.322 e. The molecule has 0 aliphatic heterocycles. The van der Waals surface area contributed by atoms with E-state index in [1.165, 1.54) is 23.1 Å². The lowest BCUT2D eigenvalue weighted by Gasteiger charge is -2.33. The van der Waals surface area contributed by atoms with Crippen molar-refractivity contribution in [2.75, 3.05) is 13.1 Å². The molecule has 0 radical (unpaired) electrons. The fourth-order valence-electron chi connectivity index (χ4n) is 2.32. The van der Waals surface area contributed by atoms with E-state index in [0.717, 1.165) is 4.57 Å². The summed E-state index contributed by atoms with van der Waals surface area (Å²) in [5.74, 6) is -2.86. The predicted molar refractivity (Wildman–Crippen MR) is 96.9 cm³/mol. The van der Waals surface area contributed by atoms with Gasteiger partial charge in [-0.25, -0.2) is 0 Å². The number of nitrogens with zero attached hydrogens (tertiary/aromatic N) is 3. The van der Waals surface area contributed by atoms with E-state index in [2.05, 4.69) is 0 Å². The largest absolute Gasteiger partial charge is 0.480 e. The number of benzene rings is 1. The minimum absolute atomic E-state index is 0.0232. The van der Waals surface area contributed by atoms with Crippen LogP contribution in [0, 0.1) is 10.1 Å². The molecule has 0 aliphatic carbocycles. The van der Waals surface area contributed by atoms with Crippen LogP contribution in [-0.2, 0) is 20.9 Å². The van der Waals surface area contributed by atoms with Gasteiger partial charge in [0.15, 0.2) is 8.24 Å². The summed E-state index contributed by atoms with van der Waals surface area (Å²) in [6, 6.07) is 5.81. The monoisotopic (exact) mass is 381 g/mol. The molecule has 1 aromatic carbocycles. The second kappa shape index (κ2) is 8.56. The van der Waals surface area contributed by atoms with Gasteiger partial charge in [-0.15, -0.1) is 0 Å². The maximum atomic E-state index is 12.6. The Bertz CT molecular complexity index is 716. The van der Waals surface area contributed by atoms with Crippen LogP contribution in [0.2, 0.25) is 19.6 Å². The van der Waals surface area contributed by atoms with Gasteiger partial charge in [0.2, 0.25) is 0 Å². The quantitative estimate of drug-likeness (QED) is 0.332. The number of carbonyl (C=O) groups is 3. The molecule has 0 spiro atoms. The Labute approximate surface area is 152 Å². The zero-order valence-corrected chi connectivity index (χ0v) is 16.3. The average Bonchev–Trinajstić information content (AvgIpc) is 2.55. The molecule has 1 aromatic rings. The van der Waals surface area contributed by atoms with Crippen LogP contribution >= 0.6 is 0 Å². The van der Waals surface area contributed by atoms with Crippen LogP contribution < -0.4 is 0 Å². The third-order valence-corrected chi connectivity index (χ3v) is 5.68. The molecular formula is C16H23N3O6Si. The van der Waals surface area contributed by atoms with E-state index < -0.39 is 37.5 Å². The molecule has 2 amide bonds. The maximum absolute atomic E-state index is 12.6. The molecule has 0 saturated carbocycles. The Balaban J connectivity index is 3.03. The molecule has 26 heavy (non-hydrogen) atoms. The highest BCUT2D eigenvalue weighted by Crippen LogP contribution is 2.16. The van der Waals surface area contributed by atoms with Gasteiger partial charge in [0.25, 0.3) is 5.69 Å². The number of hydrogen-bond donors (Lipinski definition) is 1. The highest BCUT2D eigenvalue weighted by Gasteiger charge is 2.35. The predicted octanol–water partition coefficient (Wildman–Crippen LogP) is 1.69. The molecule has 10 heteroatoms. The van der Waals surface area contributed by atoms with Crippen LogP contribution in [-0.4, -0.2) is 58.6 Å². The Kier molecular flexibility index (Phi) is 7.01. The van der Waals surface area contributed by atoms with Crippen LogP contribution in [0.25, 0.3) is 0 Å². The Morgan fingerprint density at radius 3 is 2.27 bits per heavy atom. The van der Waals surface area contributed by atoms with Gasteiger partial charge in [0.1, 0.15) is 6.54 Å². The van der Waals surface area contributed by atoms with Crippen LogP contribution in [0.5, 0.6) is 0 Å². The summed E-state index contributed by atoms with van der Waals surface area (Å²) < 4.78 is 1.13. The summed E-state index contributed by atoms with van der Waals surface area (Å²) in [6.45, 7) is 6.70. The third-order valence-electron chi connectivity index (χ3n) is 3.69. The van der Waals surface area contributed by atoms with E-state index in [0.29, 0.717) is 5.56 Å². The maximum Gasteiger partial charge on any atom is 0.322 e. The van der Waals surface area contributed by atoms with E-state index in [1.54, 1.807) is 32.6 Å². The summed E-state index contributed by atoms with van der Waals surface area (Å²) in [5.41, 5.74) is 0.409. The number of carbonyl (C=O) groups excluding carboxylic acids is 2. The first-order valence-electron chi connectivity index (χ1n) is 8.03. The summed E-state index contributed by atoms with van der Waals surface area (Å²) in [6.07, 6.45) is 0. The minimum Gasteiger partial charge on any atom is -0.480 e. The lowest BCUT2D eigenvalue weighted by Crippen LogP contribution is -2.56. The Morgan fingerprint density at radius 2 is 1.81 bits per heavy atom. The normalized spacial score (nSPS) is 10.9. The summed E-state index contributed by atoms with van der Waals surface area (Å²) in [5, 5.41) is 19.9. The number of nitro groups is 1. The zero-order valence-electron chi connectivity index (χ0n) is 15.3. The lowest BCUT2D eigenvalue weighted by molar-refractivity contribution is -0.384. The van der Waals surface area contributed by atoms with Crippen molar-refractivity contribution in [1.82, 2.24) is 9.47 Å². The van der Waals surface area contributed by atoms with Crippen molar-refractivity contribution in [2.45, 2.75) is 33.1 Å². The van der Waals surface area contributed by atoms with Gasteiger partial charge in [-0.2, -0.15) is 0 Å². The molecule has 0 aliphatic rings. The van der Waals surface area contributed by atoms with Crippen molar-refractivity contribution >= 4 is 31.7 Å². The van der Waals surface area contributed by atoms with E-state index in [-0.39, 0.29) is 18.8 Å². The number of carboxylic acid groups (broad SMARTS) is 1. The number of rotatable bonds is 7. The second-order valence-corrected chi connectivity index (χ2v) is 11.6. The number of nitro benzene ring substituents is 1. The van der Waals surface area contributed by atoms with Crippen molar-refractivity contribution < 1.29 is 24.4 Å². The van der Waals surface area contributed by atoms with Gasteiger partial charge in [-0.3, -0.25) is 24.5 Å². The highest BCUT2D eigenvalue weighted by atomic mass is 28.3. The van der Waals surface area contributed by atoms with Crippen LogP contribution in [0.3, 0.4) is 0 Å². The minimum atomic E-state index is -2.38. The first-order valence-corrected chi connectivity index (χ1v) is 11.5. The number of hydrogen-bond acceptors (Lipinski definition) is 5. The highest BCUT2D eigenvalue weighted by molar-refractivity contribution is 6.77. The molecule has 0 heterocycles. The van der Waals surface area contributed by atoms with Gasteiger partial charge in [0.05, 0.1) is 4.92 Å². The summed E-state index contributed by atoms with van der Waals surface area (Å²) in [4.78, 5) is 47.8. The fraction of sp³-hybridized carbons (Fsp3) is 0.438. The molecule has 142 valence electrons. The summed E-state index contributed by atoms with van der Waals surface area (Å²) >= 11 is 0. The van der Waals surface area contributed by atoms with Crippen molar-refractivity contribution in [3.05, 3.63) is 39.9 Å². The lowest BCUT2D eigenvalue weighted by atomic mass is 10.2. The Morgan fingerprint density at radius 1 is 1.19 bits per heavy atom. The third kappa shape index (κ3) is 5.65. The SMILES string of the molecule is CCN(Cc1cccc([N+](=O)[O-])c1)C(=O)C(=O)N(CC(=O)O)[Si](C)(C)C.